The lowest BCUT2D eigenvalue weighted by Gasteiger charge is -2.34. The number of nitrogens with zero attached hydrogens (tertiary/aromatic N) is 2. The molecule has 1 aliphatic heterocycles. The molecule has 2 aliphatic rings. The largest absolute Gasteiger partial charge is 0.303 e. The van der Waals surface area contributed by atoms with Gasteiger partial charge in [0.2, 0.25) is 0 Å². The number of piperidine rings is 1. The Hall–Kier alpha value is -0.590. The Kier molecular flexibility index (Phi) is 4.64. The minimum absolute atomic E-state index is 0.235. The van der Waals surface area contributed by atoms with Crippen molar-refractivity contribution in [1.82, 2.24) is 10.2 Å². The molecular formula is C15H27N3. The first-order valence-corrected chi connectivity index (χ1v) is 7.52. The van der Waals surface area contributed by atoms with Crippen molar-refractivity contribution in [3.05, 3.63) is 0 Å². The predicted octanol–water partition coefficient (Wildman–Crippen LogP) is 2.39. The topological polar surface area (TPSA) is 39.1 Å². The highest BCUT2D eigenvalue weighted by Gasteiger charge is 2.41. The van der Waals surface area contributed by atoms with Crippen LogP contribution in [0.25, 0.3) is 0 Å². The molecule has 3 unspecified atom stereocenters. The maximum Gasteiger partial charge on any atom is 0.109 e. The van der Waals surface area contributed by atoms with Crippen molar-refractivity contribution in [3.8, 4) is 6.07 Å². The van der Waals surface area contributed by atoms with Crippen molar-refractivity contribution in [3.63, 3.8) is 0 Å². The fourth-order valence-corrected chi connectivity index (χ4v) is 3.83. The molecule has 0 bridgehead atoms. The van der Waals surface area contributed by atoms with Crippen LogP contribution in [0, 0.1) is 23.2 Å². The monoisotopic (exact) mass is 249 g/mol. The highest BCUT2D eigenvalue weighted by molar-refractivity contribution is 5.13. The van der Waals surface area contributed by atoms with Crippen molar-refractivity contribution in [2.24, 2.45) is 11.8 Å². The summed E-state index contributed by atoms with van der Waals surface area (Å²) < 4.78 is 0. The lowest BCUT2D eigenvalue weighted by atomic mass is 9.85. The van der Waals surface area contributed by atoms with Crippen LogP contribution in [0.4, 0.5) is 0 Å². The van der Waals surface area contributed by atoms with Crippen LogP contribution in [0.5, 0.6) is 0 Å². The molecule has 2 fully saturated rings. The van der Waals surface area contributed by atoms with E-state index in [-0.39, 0.29) is 5.54 Å². The summed E-state index contributed by atoms with van der Waals surface area (Å²) in [6.45, 7) is 6.05. The molecule has 1 saturated heterocycles. The Morgan fingerprint density at radius 3 is 2.89 bits per heavy atom. The van der Waals surface area contributed by atoms with Gasteiger partial charge in [-0.2, -0.15) is 5.26 Å². The number of nitrogens with one attached hydrogen (secondary N) is 1. The fraction of sp³-hybridized carbons (Fsp3) is 0.933. The maximum absolute atomic E-state index is 9.44. The van der Waals surface area contributed by atoms with E-state index in [4.69, 9.17) is 0 Å². The number of rotatable bonds is 4. The molecule has 3 nitrogen and oxygen atoms in total. The Balaban J connectivity index is 1.84. The predicted molar refractivity (Wildman–Crippen MR) is 74.2 cm³/mol. The smallest absolute Gasteiger partial charge is 0.109 e. The van der Waals surface area contributed by atoms with E-state index < -0.39 is 0 Å². The van der Waals surface area contributed by atoms with Crippen LogP contribution in [0.3, 0.4) is 0 Å². The van der Waals surface area contributed by atoms with Gasteiger partial charge in [0.1, 0.15) is 5.54 Å². The Morgan fingerprint density at radius 2 is 2.22 bits per heavy atom. The van der Waals surface area contributed by atoms with E-state index in [1.807, 2.05) is 7.05 Å². The zero-order valence-electron chi connectivity index (χ0n) is 11.9. The fourth-order valence-electron chi connectivity index (χ4n) is 3.83. The normalized spacial score (nSPS) is 37.6. The van der Waals surface area contributed by atoms with Gasteiger partial charge >= 0.3 is 0 Å². The van der Waals surface area contributed by atoms with Crippen molar-refractivity contribution >= 4 is 0 Å². The second-order valence-corrected chi connectivity index (χ2v) is 6.26. The van der Waals surface area contributed by atoms with E-state index in [0.717, 1.165) is 12.3 Å². The molecule has 1 aliphatic carbocycles. The van der Waals surface area contributed by atoms with Crippen LogP contribution in [0.2, 0.25) is 0 Å². The Labute approximate surface area is 112 Å². The van der Waals surface area contributed by atoms with E-state index >= 15 is 0 Å². The number of hydrogen-bond acceptors (Lipinski definition) is 3. The summed E-state index contributed by atoms with van der Waals surface area (Å²) in [7, 11) is 1.95. The molecule has 3 atom stereocenters. The summed E-state index contributed by atoms with van der Waals surface area (Å²) in [6, 6.07) is 2.54. The molecule has 0 radical (unpaired) electrons. The molecule has 0 aromatic carbocycles. The zero-order valence-corrected chi connectivity index (χ0v) is 11.9. The van der Waals surface area contributed by atoms with Crippen LogP contribution in [0.1, 0.15) is 45.4 Å². The lowest BCUT2D eigenvalue weighted by molar-refractivity contribution is 0.164. The highest BCUT2D eigenvalue weighted by Crippen LogP contribution is 2.37. The minimum Gasteiger partial charge on any atom is -0.303 e. The first-order valence-electron chi connectivity index (χ1n) is 7.52. The molecule has 0 spiro atoms. The molecular weight excluding hydrogens is 222 g/mol. The van der Waals surface area contributed by atoms with E-state index in [2.05, 4.69) is 23.2 Å². The molecule has 1 heterocycles. The summed E-state index contributed by atoms with van der Waals surface area (Å²) in [5, 5.41) is 12.7. The SMILES string of the molecule is CNC1(C#N)CCCC1CCN1CCCC(C)C1. The number of nitriles is 1. The van der Waals surface area contributed by atoms with Crippen molar-refractivity contribution < 1.29 is 0 Å². The van der Waals surface area contributed by atoms with Gasteiger partial charge in [0.25, 0.3) is 0 Å². The molecule has 2 rings (SSSR count). The second kappa shape index (κ2) is 6.04. The van der Waals surface area contributed by atoms with Crippen molar-refractivity contribution in [2.75, 3.05) is 26.7 Å². The van der Waals surface area contributed by atoms with Gasteiger partial charge in [0.05, 0.1) is 6.07 Å². The van der Waals surface area contributed by atoms with Gasteiger partial charge in [0, 0.05) is 6.54 Å². The third kappa shape index (κ3) is 2.87. The zero-order chi connectivity index (χ0) is 13.0. The van der Waals surface area contributed by atoms with Gasteiger partial charge in [-0.05, 0) is 64.1 Å². The number of likely N-dealkylation sites (tertiary alicyclic amines) is 1. The molecule has 18 heavy (non-hydrogen) atoms. The summed E-state index contributed by atoms with van der Waals surface area (Å²) in [5.41, 5.74) is -0.235. The average molecular weight is 249 g/mol. The first-order chi connectivity index (χ1) is 8.70. The van der Waals surface area contributed by atoms with Crippen LogP contribution in [-0.2, 0) is 0 Å². The summed E-state index contributed by atoms with van der Waals surface area (Å²) in [5.74, 6) is 1.40. The molecule has 1 saturated carbocycles. The number of hydrogen-bond donors (Lipinski definition) is 1. The lowest BCUT2D eigenvalue weighted by Crippen LogP contribution is -2.46. The van der Waals surface area contributed by atoms with Gasteiger partial charge in [-0.25, -0.2) is 0 Å². The van der Waals surface area contributed by atoms with Crippen molar-refractivity contribution in [1.29, 1.82) is 5.26 Å². The van der Waals surface area contributed by atoms with Gasteiger partial charge in [-0.3, -0.25) is 0 Å². The highest BCUT2D eigenvalue weighted by atomic mass is 15.1. The Bertz CT molecular complexity index is 309. The van der Waals surface area contributed by atoms with Gasteiger partial charge < -0.3 is 10.2 Å². The minimum atomic E-state index is -0.235. The Morgan fingerprint density at radius 1 is 1.39 bits per heavy atom. The third-order valence-electron chi connectivity index (χ3n) is 5.00. The van der Waals surface area contributed by atoms with E-state index in [9.17, 15) is 5.26 Å². The van der Waals surface area contributed by atoms with Crippen LogP contribution in [0.15, 0.2) is 0 Å². The quantitative estimate of drug-likeness (QED) is 0.831. The van der Waals surface area contributed by atoms with Crippen LogP contribution < -0.4 is 5.32 Å². The maximum atomic E-state index is 9.44. The molecule has 0 aromatic heterocycles. The van der Waals surface area contributed by atoms with Gasteiger partial charge in [0.15, 0.2) is 0 Å². The first kappa shape index (κ1) is 13.8. The summed E-state index contributed by atoms with van der Waals surface area (Å²) in [4.78, 5) is 2.60. The van der Waals surface area contributed by atoms with E-state index in [1.54, 1.807) is 0 Å². The summed E-state index contributed by atoms with van der Waals surface area (Å²) in [6.07, 6.45) is 7.37. The van der Waals surface area contributed by atoms with Crippen molar-refractivity contribution in [2.45, 2.75) is 51.0 Å². The second-order valence-electron chi connectivity index (χ2n) is 6.26. The average Bonchev–Trinajstić information content (AvgIpc) is 2.80. The van der Waals surface area contributed by atoms with E-state index in [0.29, 0.717) is 5.92 Å². The van der Waals surface area contributed by atoms with Gasteiger partial charge in [-0.15, -0.1) is 0 Å². The van der Waals surface area contributed by atoms with Crippen LogP contribution >= 0.6 is 0 Å². The molecule has 0 amide bonds. The molecule has 102 valence electrons. The third-order valence-corrected chi connectivity index (χ3v) is 5.00. The molecule has 1 N–H and O–H groups in total. The summed E-state index contributed by atoms with van der Waals surface area (Å²) >= 11 is 0. The van der Waals surface area contributed by atoms with Crippen LogP contribution in [-0.4, -0.2) is 37.1 Å². The van der Waals surface area contributed by atoms with E-state index in [1.165, 1.54) is 51.7 Å². The standard InChI is InChI=1S/C15H27N3/c1-13-5-4-9-18(11-13)10-7-14-6-3-8-15(14,12-16)17-2/h13-14,17H,3-11H2,1-2H3. The molecule has 3 heteroatoms. The molecule has 0 aromatic rings. The van der Waals surface area contributed by atoms with Gasteiger partial charge in [-0.1, -0.05) is 13.3 Å².